The SMILES string of the molecule is CCOc1cccc(C(=O)c2cc(Cl)ccc2C)c1. The number of carbonyl (C=O) groups is 1. The molecule has 0 aliphatic heterocycles. The zero-order valence-corrected chi connectivity index (χ0v) is 11.7. The number of benzene rings is 2. The molecule has 2 nitrogen and oxygen atoms in total. The summed E-state index contributed by atoms with van der Waals surface area (Å²) in [4.78, 5) is 12.5. The Labute approximate surface area is 118 Å². The molecule has 0 atom stereocenters. The number of rotatable bonds is 4. The summed E-state index contributed by atoms with van der Waals surface area (Å²) in [6, 6.07) is 12.5. The van der Waals surface area contributed by atoms with Gasteiger partial charge in [0.1, 0.15) is 5.75 Å². The molecule has 0 spiro atoms. The number of hydrogen-bond acceptors (Lipinski definition) is 2. The fourth-order valence-electron chi connectivity index (χ4n) is 1.89. The van der Waals surface area contributed by atoms with E-state index >= 15 is 0 Å². The van der Waals surface area contributed by atoms with Gasteiger partial charge in [0.2, 0.25) is 0 Å². The molecule has 2 aromatic rings. The van der Waals surface area contributed by atoms with E-state index < -0.39 is 0 Å². The summed E-state index contributed by atoms with van der Waals surface area (Å²) in [7, 11) is 0. The summed E-state index contributed by atoms with van der Waals surface area (Å²) in [5.41, 5.74) is 2.15. The molecule has 0 bridgehead atoms. The van der Waals surface area contributed by atoms with Crippen LogP contribution in [-0.2, 0) is 0 Å². The standard InChI is InChI=1S/C16H15ClO2/c1-3-19-14-6-4-5-12(9-14)16(18)15-10-13(17)8-7-11(15)2/h4-10H,3H2,1-2H3. The minimum absolute atomic E-state index is 0.0402. The zero-order valence-electron chi connectivity index (χ0n) is 10.9. The van der Waals surface area contributed by atoms with Gasteiger partial charge in [-0.25, -0.2) is 0 Å². The lowest BCUT2D eigenvalue weighted by Crippen LogP contribution is -2.04. The van der Waals surface area contributed by atoms with Crippen molar-refractivity contribution in [3.05, 3.63) is 64.2 Å². The van der Waals surface area contributed by atoms with Crippen LogP contribution in [0.4, 0.5) is 0 Å². The van der Waals surface area contributed by atoms with E-state index in [-0.39, 0.29) is 5.78 Å². The molecule has 0 N–H and O–H groups in total. The highest BCUT2D eigenvalue weighted by molar-refractivity contribution is 6.31. The molecule has 0 aromatic heterocycles. The van der Waals surface area contributed by atoms with Crippen molar-refractivity contribution in [2.75, 3.05) is 6.61 Å². The van der Waals surface area contributed by atoms with Gasteiger partial charge in [0.25, 0.3) is 0 Å². The first kappa shape index (κ1) is 13.6. The van der Waals surface area contributed by atoms with Crippen molar-refractivity contribution in [3.8, 4) is 5.75 Å². The Bertz CT molecular complexity index is 605. The number of carbonyl (C=O) groups excluding carboxylic acids is 1. The van der Waals surface area contributed by atoms with E-state index in [9.17, 15) is 4.79 Å². The van der Waals surface area contributed by atoms with Crippen LogP contribution in [-0.4, -0.2) is 12.4 Å². The Hall–Kier alpha value is -1.80. The molecular formula is C16H15ClO2. The molecule has 0 unspecified atom stereocenters. The Morgan fingerprint density at radius 1 is 1.21 bits per heavy atom. The third-order valence-corrected chi connectivity index (χ3v) is 3.09. The van der Waals surface area contributed by atoms with Gasteiger partial charge in [0.05, 0.1) is 6.61 Å². The van der Waals surface area contributed by atoms with Crippen molar-refractivity contribution >= 4 is 17.4 Å². The summed E-state index contributed by atoms with van der Waals surface area (Å²) >= 11 is 5.95. The maximum absolute atomic E-state index is 12.5. The first-order valence-corrected chi connectivity index (χ1v) is 6.53. The Morgan fingerprint density at radius 2 is 2.00 bits per heavy atom. The summed E-state index contributed by atoms with van der Waals surface area (Å²) in [6.45, 7) is 4.39. The van der Waals surface area contributed by atoms with E-state index in [1.165, 1.54) is 0 Å². The minimum atomic E-state index is -0.0402. The summed E-state index contributed by atoms with van der Waals surface area (Å²) in [5.74, 6) is 0.662. The van der Waals surface area contributed by atoms with Gasteiger partial charge in [0, 0.05) is 16.1 Å². The smallest absolute Gasteiger partial charge is 0.193 e. The zero-order chi connectivity index (χ0) is 13.8. The Morgan fingerprint density at radius 3 is 2.74 bits per heavy atom. The van der Waals surface area contributed by atoms with Crippen molar-refractivity contribution in [3.63, 3.8) is 0 Å². The van der Waals surface area contributed by atoms with E-state index in [2.05, 4.69) is 0 Å². The fraction of sp³-hybridized carbons (Fsp3) is 0.188. The first-order valence-electron chi connectivity index (χ1n) is 6.15. The highest BCUT2D eigenvalue weighted by atomic mass is 35.5. The molecule has 0 saturated carbocycles. The van der Waals surface area contributed by atoms with Gasteiger partial charge in [-0.2, -0.15) is 0 Å². The molecule has 0 aliphatic carbocycles. The lowest BCUT2D eigenvalue weighted by molar-refractivity contribution is 0.103. The quantitative estimate of drug-likeness (QED) is 0.778. The van der Waals surface area contributed by atoms with Gasteiger partial charge in [-0.1, -0.05) is 29.8 Å². The number of ketones is 1. The number of ether oxygens (including phenoxy) is 1. The molecule has 0 saturated heterocycles. The van der Waals surface area contributed by atoms with Gasteiger partial charge in [0.15, 0.2) is 5.78 Å². The lowest BCUT2D eigenvalue weighted by Gasteiger charge is -2.08. The number of aryl methyl sites for hydroxylation is 1. The molecule has 0 amide bonds. The Kier molecular flexibility index (Phi) is 4.23. The predicted molar refractivity (Wildman–Crippen MR) is 77.2 cm³/mol. The summed E-state index contributed by atoms with van der Waals surface area (Å²) < 4.78 is 5.41. The summed E-state index contributed by atoms with van der Waals surface area (Å²) in [5, 5.41) is 0.565. The molecule has 3 heteroatoms. The largest absolute Gasteiger partial charge is 0.494 e. The second kappa shape index (κ2) is 5.89. The average molecular weight is 275 g/mol. The van der Waals surface area contributed by atoms with Crippen LogP contribution in [0.25, 0.3) is 0 Å². The van der Waals surface area contributed by atoms with Crippen LogP contribution in [0.3, 0.4) is 0 Å². The number of halogens is 1. The van der Waals surface area contributed by atoms with Crippen LogP contribution >= 0.6 is 11.6 Å². The second-order valence-electron chi connectivity index (χ2n) is 4.25. The van der Waals surface area contributed by atoms with Gasteiger partial charge in [-0.3, -0.25) is 4.79 Å². The fourth-order valence-corrected chi connectivity index (χ4v) is 2.06. The summed E-state index contributed by atoms with van der Waals surface area (Å²) in [6.07, 6.45) is 0. The van der Waals surface area contributed by atoms with E-state index in [4.69, 9.17) is 16.3 Å². The molecular weight excluding hydrogens is 260 g/mol. The Balaban J connectivity index is 2.38. The third-order valence-electron chi connectivity index (χ3n) is 2.85. The molecule has 98 valence electrons. The van der Waals surface area contributed by atoms with Crippen LogP contribution in [0, 0.1) is 6.92 Å². The third kappa shape index (κ3) is 3.15. The van der Waals surface area contributed by atoms with Crippen LogP contribution in [0.2, 0.25) is 5.02 Å². The van der Waals surface area contributed by atoms with Crippen LogP contribution in [0.15, 0.2) is 42.5 Å². The van der Waals surface area contributed by atoms with E-state index in [0.717, 1.165) is 5.56 Å². The number of hydrogen-bond donors (Lipinski definition) is 0. The molecule has 2 rings (SSSR count). The monoisotopic (exact) mass is 274 g/mol. The van der Waals surface area contributed by atoms with Crippen molar-refractivity contribution in [1.29, 1.82) is 0 Å². The van der Waals surface area contributed by atoms with Crippen molar-refractivity contribution in [2.24, 2.45) is 0 Å². The second-order valence-corrected chi connectivity index (χ2v) is 4.69. The molecule has 0 radical (unpaired) electrons. The van der Waals surface area contributed by atoms with Crippen molar-refractivity contribution in [2.45, 2.75) is 13.8 Å². The van der Waals surface area contributed by atoms with Crippen LogP contribution < -0.4 is 4.74 Å². The maximum Gasteiger partial charge on any atom is 0.193 e. The van der Waals surface area contributed by atoms with Crippen molar-refractivity contribution < 1.29 is 9.53 Å². The van der Waals surface area contributed by atoms with Crippen LogP contribution in [0.5, 0.6) is 5.75 Å². The molecule has 0 aliphatic rings. The van der Waals surface area contributed by atoms with Gasteiger partial charge < -0.3 is 4.74 Å². The minimum Gasteiger partial charge on any atom is -0.494 e. The van der Waals surface area contributed by atoms with Crippen LogP contribution in [0.1, 0.15) is 28.4 Å². The highest BCUT2D eigenvalue weighted by Gasteiger charge is 2.13. The topological polar surface area (TPSA) is 26.3 Å². The van der Waals surface area contributed by atoms with Crippen molar-refractivity contribution in [1.82, 2.24) is 0 Å². The molecule has 0 heterocycles. The lowest BCUT2D eigenvalue weighted by atomic mass is 9.99. The molecule has 19 heavy (non-hydrogen) atoms. The van der Waals surface area contributed by atoms with E-state index in [0.29, 0.717) is 28.5 Å². The first-order chi connectivity index (χ1) is 9.11. The van der Waals surface area contributed by atoms with E-state index in [1.54, 1.807) is 24.3 Å². The highest BCUT2D eigenvalue weighted by Crippen LogP contribution is 2.21. The normalized spacial score (nSPS) is 10.3. The predicted octanol–water partition coefficient (Wildman–Crippen LogP) is 4.28. The molecule has 2 aromatic carbocycles. The average Bonchev–Trinajstić information content (AvgIpc) is 2.41. The van der Waals surface area contributed by atoms with E-state index in [1.807, 2.05) is 32.0 Å². The van der Waals surface area contributed by atoms with Gasteiger partial charge in [-0.05, 0) is 43.7 Å². The maximum atomic E-state index is 12.5. The van der Waals surface area contributed by atoms with Gasteiger partial charge >= 0.3 is 0 Å². The molecule has 0 fully saturated rings. The van der Waals surface area contributed by atoms with Gasteiger partial charge in [-0.15, -0.1) is 0 Å².